The van der Waals surface area contributed by atoms with Crippen LogP contribution in [0.25, 0.3) is 0 Å². The summed E-state index contributed by atoms with van der Waals surface area (Å²) in [5.74, 6) is 0. The number of halogens is 3. The lowest BCUT2D eigenvalue weighted by Gasteiger charge is -2.18. The van der Waals surface area contributed by atoms with Gasteiger partial charge in [-0.2, -0.15) is 0 Å². The number of alkyl halides is 3. The molecule has 72 valence electrons. The van der Waals surface area contributed by atoms with Crippen LogP contribution in [0.5, 0.6) is 0 Å². The largest absolute Gasteiger partial charge is 0.216 e. The van der Waals surface area contributed by atoms with Crippen LogP contribution < -0.4 is 0 Å². The molecule has 0 aliphatic heterocycles. The van der Waals surface area contributed by atoms with Crippen LogP contribution in [-0.4, -0.2) is 0 Å². The first kappa shape index (κ1) is 11.2. The van der Waals surface area contributed by atoms with E-state index < -0.39 is 3.79 Å². The Hall–Kier alpha value is 0.0900. The number of hydrogen-bond acceptors (Lipinski definition) is 0. The predicted octanol–water partition coefficient (Wildman–Crippen LogP) is 4.44. The second kappa shape index (κ2) is 3.68. The Morgan fingerprint density at radius 2 is 1.31 bits per heavy atom. The molecule has 0 fully saturated rings. The van der Waals surface area contributed by atoms with Crippen molar-refractivity contribution in [2.45, 2.75) is 24.6 Å². The minimum Gasteiger partial charge on any atom is -0.0784 e. The minimum absolute atomic E-state index is 0.795. The molecule has 0 atom stereocenters. The first-order valence-electron chi connectivity index (χ1n) is 3.97. The Balaban J connectivity index is 3.38. The van der Waals surface area contributed by atoms with Gasteiger partial charge in [-0.05, 0) is 31.9 Å². The van der Waals surface area contributed by atoms with Gasteiger partial charge in [0.1, 0.15) is 0 Å². The molecular formula is C10H11Cl3. The fraction of sp³-hybridized carbons (Fsp3) is 0.400. The van der Waals surface area contributed by atoms with E-state index in [0.717, 1.165) is 16.7 Å². The van der Waals surface area contributed by atoms with Crippen LogP contribution in [-0.2, 0) is 3.79 Å². The van der Waals surface area contributed by atoms with Gasteiger partial charge in [0.2, 0.25) is 3.79 Å². The van der Waals surface area contributed by atoms with E-state index in [9.17, 15) is 0 Å². The summed E-state index contributed by atoms with van der Waals surface area (Å²) in [4.78, 5) is 0. The molecule has 0 N–H and O–H groups in total. The monoisotopic (exact) mass is 236 g/mol. The van der Waals surface area contributed by atoms with Crippen LogP contribution in [0.2, 0.25) is 0 Å². The highest BCUT2D eigenvalue weighted by molar-refractivity contribution is 6.66. The van der Waals surface area contributed by atoms with E-state index in [2.05, 4.69) is 0 Å². The number of benzene rings is 1. The number of aryl methyl sites for hydroxylation is 3. The van der Waals surface area contributed by atoms with Crippen LogP contribution in [0.4, 0.5) is 0 Å². The van der Waals surface area contributed by atoms with Crippen molar-refractivity contribution in [3.8, 4) is 0 Å². The fourth-order valence-corrected chi connectivity index (χ4v) is 2.52. The zero-order valence-corrected chi connectivity index (χ0v) is 10.1. The standard InChI is InChI=1S/C10H11Cl3/c1-6-4-7(2)9(8(3)5-6)10(11,12)13/h4-5H,1-3H3. The van der Waals surface area contributed by atoms with E-state index >= 15 is 0 Å². The second-order valence-electron chi connectivity index (χ2n) is 3.27. The number of rotatable bonds is 0. The third-order valence-corrected chi connectivity index (χ3v) is 2.53. The van der Waals surface area contributed by atoms with Gasteiger partial charge >= 0.3 is 0 Å². The lowest BCUT2D eigenvalue weighted by molar-refractivity contribution is 1.13. The molecule has 0 aliphatic rings. The van der Waals surface area contributed by atoms with Crippen LogP contribution in [0.3, 0.4) is 0 Å². The van der Waals surface area contributed by atoms with Crippen LogP contribution in [0, 0.1) is 20.8 Å². The summed E-state index contributed by atoms with van der Waals surface area (Å²) in [6.45, 7) is 5.94. The maximum atomic E-state index is 5.85. The smallest absolute Gasteiger partial charge is 0.0784 e. The molecule has 0 aliphatic carbocycles. The van der Waals surface area contributed by atoms with Gasteiger partial charge < -0.3 is 0 Å². The summed E-state index contributed by atoms with van der Waals surface area (Å²) in [6, 6.07) is 4.04. The highest BCUT2D eigenvalue weighted by Gasteiger charge is 2.26. The molecular weight excluding hydrogens is 226 g/mol. The van der Waals surface area contributed by atoms with Gasteiger partial charge in [0, 0.05) is 5.56 Å². The first-order valence-corrected chi connectivity index (χ1v) is 5.11. The molecule has 0 amide bonds. The summed E-state index contributed by atoms with van der Waals surface area (Å²) in [5, 5.41) is 0. The maximum absolute atomic E-state index is 5.85. The fourth-order valence-electron chi connectivity index (χ4n) is 1.63. The van der Waals surface area contributed by atoms with Gasteiger partial charge in [-0.3, -0.25) is 0 Å². The molecule has 13 heavy (non-hydrogen) atoms. The molecule has 1 rings (SSSR count). The van der Waals surface area contributed by atoms with Gasteiger partial charge in [0.15, 0.2) is 0 Å². The number of hydrogen-bond donors (Lipinski definition) is 0. The summed E-state index contributed by atoms with van der Waals surface area (Å²) >= 11 is 17.6. The lowest BCUT2D eigenvalue weighted by atomic mass is 10.0. The van der Waals surface area contributed by atoms with Crippen molar-refractivity contribution in [2.24, 2.45) is 0 Å². The summed E-state index contributed by atoms with van der Waals surface area (Å²) in [7, 11) is 0. The SMILES string of the molecule is Cc1cc(C)c(C(Cl)(Cl)Cl)c(C)c1. The molecule has 0 heterocycles. The molecule has 0 unspecified atom stereocenters. The third-order valence-electron chi connectivity index (χ3n) is 1.96. The van der Waals surface area contributed by atoms with Crippen LogP contribution in [0.15, 0.2) is 12.1 Å². The predicted molar refractivity (Wildman–Crippen MR) is 59.9 cm³/mol. The van der Waals surface area contributed by atoms with Gasteiger partial charge in [-0.25, -0.2) is 0 Å². The Kier molecular flexibility index (Phi) is 3.16. The molecule has 0 spiro atoms. The average Bonchev–Trinajstić information content (AvgIpc) is 1.78. The van der Waals surface area contributed by atoms with Crippen LogP contribution >= 0.6 is 34.8 Å². The molecule has 3 heteroatoms. The summed E-state index contributed by atoms with van der Waals surface area (Å²) in [5.41, 5.74) is 4.03. The molecule has 0 aromatic heterocycles. The highest BCUT2D eigenvalue weighted by atomic mass is 35.6. The van der Waals surface area contributed by atoms with E-state index in [1.54, 1.807) is 0 Å². The van der Waals surface area contributed by atoms with E-state index in [0.29, 0.717) is 0 Å². The van der Waals surface area contributed by atoms with E-state index in [1.807, 2.05) is 32.9 Å². The molecule has 1 aromatic rings. The molecule has 1 aromatic carbocycles. The molecule has 0 bridgehead atoms. The van der Waals surface area contributed by atoms with E-state index in [1.165, 1.54) is 5.56 Å². The van der Waals surface area contributed by atoms with Gasteiger partial charge in [0.05, 0.1) is 0 Å². The van der Waals surface area contributed by atoms with Crippen molar-refractivity contribution in [2.75, 3.05) is 0 Å². The Morgan fingerprint density at radius 1 is 0.923 bits per heavy atom. The topological polar surface area (TPSA) is 0 Å². The highest BCUT2D eigenvalue weighted by Crippen LogP contribution is 2.41. The van der Waals surface area contributed by atoms with Gasteiger partial charge in [-0.15, -0.1) is 0 Å². The first-order chi connectivity index (χ1) is 5.82. The zero-order chi connectivity index (χ0) is 10.2. The molecule has 0 radical (unpaired) electrons. The van der Waals surface area contributed by atoms with Crippen molar-refractivity contribution in [3.63, 3.8) is 0 Å². The summed E-state index contributed by atoms with van der Waals surface area (Å²) < 4.78 is -1.32. The Bertz CT molecular complexity index is 300. The van der Waals surface area contributed by atoms with Crippen molar-refractivity contribution < 1.29 is 0 Å². The third kappa shape index (κ3) is 2.52. The molecule has 0 nitrogen and oxygen atoms in total. The van der Waals surface area contributed by atoms with E-state index in [4.69, 9.17) is 34.8 Å². The normalized spacial score (nSPS) is 11.8. The Labute approximate surface area is 93.8 Å². The minimum atomic E-state index is -1.32. The summed E-state index contributed by atoms with van der Waals surface area (Å²) in [6.07, 6.45) is 0. The van der Waals surface area contributed by atoms with Gasteiger partial charge in [-0.1, -0.05) is 52.5 Å². The lowest BCUT2D eigenvalue weighted by Crippen LogP contribution is -2.06. The van der Waals surface area contributed by atoms with Crippen molar-refractivity contribution in [1.29, 1.82) is 0 Å². The zero-order valence-electron chi connectivity index (χ0n) is 7.79. The van der Waals surface area contributed by atoms with Gasteiger partial charge in [0.25, 0.3) is 0 Å². The average molecular weight is 238 g/mol. The van der Waals surface area contributed by atoms with Crippen molar-refractivity contribution >= 4 is 34.8 Å². The van der Waals surface area contributed by atoms with Crippen molar-refractivity contribution in [3.05, 3.63) is 34.4 Å². The quantitative estimate of drug-likeness (QED) is 0.585. The molecule has 0 saturated heterocycles. The molecule has 0 saturated carbocycles. The maximum Gasteiger partial charge on any atom is 0.216 e. The Morgan fingerprint density at radius 3 is 1.62 bits per heavy atom. The van der Waals surface area contributed by atoms with E-state index in [-0.39, 0.29) is 0 Å². The van der Waals surface area contributed by atoms with Crippen molar-refractivity contribution in [1.82, 2.24) is 0 Å². The van der Waals surface area contributed by atoms with Crippen LogP contribution in [0.1, 0.15) is 22.3 Å². The second-order valence-corrected chi connectivity index (χ2v) is 5.55.